The maximum Gasteiger partial charge on any atom is 0.190 e. The number of methoxy groups -OCH3 is 2. The van der Waals surface area contributed by atoms with Crippen molar-refractivity contribution in [3.8, 4) is 29.7 Å². The van der Waals surface area contributed by atoms with E-state index in [1.807, 2.05) is 6.08 Å². The van der Waals surface area contributed by atoms with Gasteiger partial charge in [-0.05, 0) is 29.8 Å². The molecule has 3 rings (SSSR count). The highest BCUT2D eigenvalue weighted by atomic mass is 16.5. The van der Waals surface area contributed by atoms with Crippen LogP contribution in [0.1, 0.15) is 11.5 Å². The molecule has 136 valence electrons. The molecule has 1 fully saturated rings. The first-order valence-corrected chi connectivity index (χ1v) is 8.62. The van der Waals surface area contributed by atoms with Crippen molar-refractivity contribution in [3.05, 3.63) is 35.4 Å². The lowest BCUT2D eigenvalue weighted by Crippen LogP contribution is -2.87. The standard InChI is InChI=1S/C20H19N5O2/c1-26-12-3-4-17(27-2)14(7-12)18-16-9-25-6-5-13(16)15(8-21)19(24)20(18,10-22)11-23/h3-5,7,15-16,18,24-25H,6,9H2,1-2H3/p+1/t15-,16-,18-/m1/s1. The summed E-state index contributed by atoms with van der Waals surface area (Å²) in [6, 6.07) is 11.5. The molecular weight excluding hydrogens is 342 g/mol. The van der Waals surface area contributed by atoms with Gasteiger partial charge in [0.2, 0.25) is 0 Å². The summed E-state index contributed by atoms with van der Waals surface area (Å²) in [5.41, 5.74) is -0.435. The highest BCUT2D eigenvalue weighted by Gasteiger charge is 2.58. The molecule has 0 radical (unpaired) electrons. The summed E-state index contributed by atoms with van der Waals surface area (Å²) >= 11 is 0. The van der Waals surface area contributed by atoms with Crippen molar-refractivity contribution < 1.29 is 14.8 Å². The van der Waals surface area contributed by atoms with Gasteiger partial charge in [-0.2, -0.15) is 15.8 Å². The summed E-state index contributed by atoms with van der Waals surface area (Å²) in [7, 11) is 3.07. The van der Waals surface area contributed by atoms with Crippen molar-refractivity contribution >= 4 is 5.71 Å². The number of nitrogens with zero attached hydrogens (tertiary/aromatic N) is 3. The van der Waals surface area contributed by atoms with Gasteiger partial charge in [-0.25, -0.2) is 0 Å². The summed E-state index contributed by atoms with van der Waals surface area (Å²) in [6.45, 7) is 1.35. The lowest BCUT2D eigenvalue weighted by atomic mass is 9.54. The van der Waals surface area contributed by atoms with Crippen LogP contribution in [-0.2, 0) is 0 Å². The lowest BCUT2D eigenvalue weighted by Gasteiger charge is -2.44. The number of quaternary nitrogens is 1. The molecule has 0 spiro atoms. The predicted octanol–water partition coefficient (Wildman–Crippen LogP) is 1.11. The smallest absolute Gasteiger partial charge is 0.190 e. The van der Waals surface area contributed by atoms with Gasteiger partial charge >= 0.3 is 0 Å². The molecule has 1 heterocycles. The highest BCUT2D eigenvalue weighted by molar-refractivity contribution is 6.01. The van der Waals surface area contributed by atoms with Crippen LogP contribution < -0.4 is 14.8 Å². The molecule has 1 saturated carbocycles. The molecule has 0 amide bonds. The molecule has 0 bridgehead atoms. The molecule has 1 aliphatic carbocycles. The van der Waals surface area contributed by atoms with E-state index in [1.54, 1.807) is 25.3 Å². The van der Waals surface area contributed by atoms with Crippen LogP contribution in [0.25, 0.3) is 0 Å². The van der Waals surface area contributed by atoms with E-state index >= 15 is 0 Å². The topological polar surface area (TPSA) is 130 Å². The number of nitriles is 3. The summed E-state index contributed by atoms with van der Waals surface area (Å²) < 4.78 is 10.8. The normalized spacial score (nSPS) is 25.8. The summed E-state index contributed by atoms with van der Waals surface area (Å²) in [4.78, 5) is 0. The Morgan fingerprint density at radius 3 is 2.52 bits per heavy atom. The van der Waals surface area contributed by atoms with Gasteiger partial charge < -0.3 is 20.2 Å². The summed E-state index contributed by atoms with van der Waals surface area (Å²) in [5, 5.41) is 40.4. The third-order valence-corrected chi connectivity index (χ3v) is 5.54. The predicted molar refractivity (Wildman–Crippen MR) is 96.0 cm³/mol. The Morgan fingerprint density at radius 2 is 1.93 bits per heavy atom. The van der Waals surface area contributed by atoms with Gasteiger partial charge in [0.15, 0.2) is 5.41 Å². The highest BCUT2D eigenvalue weighted by Crippen LogP contribution is 2.54. The average molecular weight is 362 g/mol. The third-order valence-electron chi connectivity index (χ3n) is 5.54. The van der Waals surface area contributed by atoms with Crippen LogP contribution >= 0.6 is 0 Å². The van der Waals surface area contributed by atoms with Gasteiger partial charge in [-0.1, -0.05) is 0 Å². The number of benzene rings is 1. The van der Waals surface area contributed by atoms with Crippen molar-refractivity contribution in [3.63, 3.8) is 0 Å². The molecular formula is C20H20N5O2+. The van der Waals surface area contributed by atoms with E-state index in [-0.39, 0.29) is 11.6 Å². The minimum absolute atomic E-state index is 0.158. The molecule has 0 saturated heterocycles. The molecule has 7 nitrogen and oxygen atoms in total. The average Bonchev–Trinajstić information content (AvgIpc) is 2.72. The second-order valence-corrected chi connectivity index (χ2v) is 6.66. The maximum absolute atomic E-state index is 10.0. The number of ether oxygens (including phenoxy) is 2. The van der Waals surface area contributed by atoms with Crippen molar-refractivity contribution in [2.24, 2.45) is 17.3 Å². The number of rotatable bonds is 3. The molecule has 1 aromatic carbocycles. The van der Waals surface area contributed by atoms with Crippen LogP contribution in [0.15, 0.2) is 29.8 Å². The molecule has 1 aromatic rings. The van der Waals surface area contributed by atoms with Crippen molar-refractivity contribution in [2.45, 2.75) is 5.92 Å². The third kappa shape index (κ3) is 2.63. The Bertz CT molecular complexity index is 917. The fraction of sp³-hybridized carbons (Fsp3) is 0.400. The molecule has 2 aliphatic rings. The van der Waals surface area contributed by atoms with E-state index < -0.39 is 17.3 Å². The molecule has 1 aliphatic heterocycles. The molecule has 0 aromatic heterocycles. The second-order valence-electron chi connectivity index (χ2n) is 6.66. The van der Waals surface area contributed by atoms with Crippen molar-refractivity contribution in [2.75, 3.05) is 27.3 Å². The maximum atomic E-state index is 10.0. The van der Waals surface area contributed by atoms with Crippen LogP contribution in [0, 0.1) is 56.7 Å². The van der Waals surface area contributed by atoms with Gasteiger partial charge in [0.1, 0.15) is 17.4 Å². The Morgan fingerprint density at radius 1 is 1.19 bits per heavy atom. The van der Waals surface area contributed by atoms with Gasteiger partial charge in [-0.3, -0.25) is 0 Å². The van der Waals surface area contributed by atoms with Crippen molar-refractivity contribution in [1.82, 2.24) is 0 Å². The Hall–Kier alpha value is -3.34. The molecule has 27 heavy (non-hydrogen) atoms. The number of hydrogen-bond donors (Lipinski definition) is 2. The van der Waals surface area contributed by atoms with Crippen LogP contribution in [-0.4, -0.2) is 33.0 Å². The monoisotopic (exact) mass is 362 g/mol. The Labute approximate surface area is 157 Å². The molecule has 3 N–H and O–H groups in total. The van der Waals surface area contributed by atoms with Gasteiger partial charge in [0.25, 0.3) is 0 Å². The van der Waals surface area contributed by atoms with Crippen LogP contribution in [0.3, 0.4) is 0 Å². The van der Waals surface area contributed by atoms with Crippen LogP contribution in [0.2, 0.25) is 0 Å². The van der Waals surface area contributed by atoms with E-state index in [0.717, 1.165) is 5.57 Å². The summed E-state index contributed by atoms with van der Waals surface area (Å²) in [6.07, 6.45) is 1.95. The number of nitrogens with two attached hydrogens (primary N) is 1. The first kappa shape index (κ1) is 18.5. The van der Waals surface area contributed by atoms with Crippen LogP contribution in [0.4, 0.5) is 0 Å². The largest absolute Gasteiger partial charge is 0.497 e. The fourth-order valence-electron chi connectivity index (χ4n) is 4.26. The van der Waals surface area contributed by atoms with E-state index in [1.165, 1.54) is 7.11 Å². The van der Waals surface area contributed by atoms with Gasteiger partial charge in [0, 0.05) is 17.4 Å². The zero-order valence-electron chi connectivity index (χ0n) is 15.2. The zero-order chi connectivity index (χ0) is 19.6. The second kappa shape index (κ2) is 7.11. The fourth-order valence-corrected chi connectivity index (χ4v) is 4.26. The number of fused-ring (bicyclic) bond motifs is 1. The molecule has 3 atom stereocenters. The van der Waals surface area contributed by atoms with E-state index in [4.69, 9.17) is 14.9 Å². The Kier molecular flexibility index (Phi) is 4.86. The van der Waals surface area contributed by atoms with E-state index in [9.17, 15) is 15.8 Å². The lowest BCUT2D eigenvalue weighted by molar-refractivity contribution is -0.654. The first-order valence-electron chi connectivity index (χ1n) is 8.62. The number of nitrogens with one attached hydrogen (secondary N) is 1. The molecule has 0 unspecified atom stereocenters. The summed E-state index contributed by atoms with van der Waals surface area (Å²) in [5.74, 6) is -0.593. The number of hydrogen-bond acceptors (Lipinski definition) is 6. The SMILES string of the molecule is COc1ccc(OC)c([C@@H]2[C@@H]3C[NH2+]CC=C3[C@@H](C#N)C(=N)C2(C#N)C#N)c1. The van der Waals surface area contributed by atoms with Crippen LogP contribution in [0.5, 0.6) is 11.5 Å². The minimum atomic E-state index is -1.74. The van der Waals surface area contributed by atoms with Gasteiger partial charge in [-0.15, -0.1) is 0 Å². The molecule has 7 heteroatoms. The van der Waals surface area contributed by atoms with E-state index in [0.29, 0.717) is 30.2 Å². The first-order chi connectivity index (χ1) is 13.1. The Balaban J connectivity index is 2.32. The zero-order valence-corrected chi connectivity index (χ0v) is 15.2. The quantitative estimate of drug-likeness (QED) is 0.778. The minimum Gasteiger partial charge on any atom is -0.497 e. The van der Waals surface area contributed by atoms with E-state index in [2.05, 4.69) is 23.5 Å². The van der Waals surface area contributed by atoms with Gasteiger partial charge in [0.05, 0.1) is 51.2 Å². The van der Waals surface area contributed by atoms with Crippen molar-refractivity contribution in [1.29, 1.82) is 21.2 Å².